The number of hydrogen-bond donors (Lipinski definition) is 2. The Labute approximate surface area is 128 Å². The maximum absolute atomic E-state index is 13.1. The Hall–Kier alpha value is -1.14. The van der Waals surface area contributed by atoms with E-state index in [2.05, 4.69) is 19.2 Å². The smallest absolute Gasteiger partial charge is 0.230 e. The molecule has 0 aliphatic rings. The Morgan fingerprint density at radius 1 is 1.38 bits per heavy atom. The van der Waals surface area contributed by atoms with E-state index < -0.39 is 17.2 Å². The lowest BCUT2D eigenvalue weighted by atomic mass is 9.91. The van der Waals surface area contributed by atoms with Crippen molar-refractivity contribution in [2.45, 2.75) is 37.6 Å². The van der Waals surface area contributed by atoms with Gasteiger partial charge in [-0.05, 0) is 37.5 Å². The van der Waals surface area contributed by atoms with Crippen LogP contribution in [0.2, 0.25) is 0 Å². The highest BCUT2D eigenvalue weighted by atomic mass is 32.2. The molecule has 0 spiro atoms. The summed E-state index contributed by atoms with van der Waals surface area (Å²) in [7, 11) is 0. The number of carbonyl (C=O) groups is 1. The standard InChI is InChI=1S/C15H22F2N2OS/c1-10(2)7-15(3,9-18)19-14(20)8-21-11-4-5-12(16)13(17)6-11/h4-6,10H,7-9,18H2,1-3H3,(H,19,20). The van der Waals surface area contributed by atoms with E-state index in [0.717, 1.165) is 30.3 Å². The molecule has 118 valence electrons. The molecule has 0 aliphatic heterocycles. The molecule has 0 heterocycles. The topological polar surface area (TPSA) is 55.1 Å². The van der Waals surface area contributed by atoms with E-state index in [0.29, 0.717) is 17.4 Å². The van der Waals surface area contributed by atoms with Crippen LogP contribution in [-0.4, -0.2) is 23.7 Å². The van der Waals surface area contributed by atoms with Gasteiger partial charge in [0.05, 0.1) is 5.75 Å². The Morgan fingerprint density at radius 3 is 2.57 bits per heavy atom. The van der Waals surface area contributed by atoms with Gasteiger partial charge in [0.1, 0.15) is 0 Å². The Kier molecular flexibility index (Phi) is 6.61. The summed E-state index contributed by atoms with van der Waals surface area (Å²) < 4.78 is 25.9. The Bertz CT molecular complexity index is 497. The molecular weight excluding hydrogens is 294 g/mol. The van der Waals surface area contributed by atoms with E-state index in [4.69, 9.17) is 5.73 Å². The summed E-state index contributed by atoms with van der Waals surface area (Å²) in [5.74, 6) is -1.42. The summed E-state index contributed by atoms with van der Waals surface area (Å²) >= 11 is 1.16. The molecule has 0 aliphatic carbocycles. The van der Waals surface area contributed by atoms with Crippen molar-refractivity contribution >= 4 is 17.7 Å². The molecule has 0 saturated carbocycles. The third-order valence-electron chi connectivity index (χ3n) is 3.01. The number of thioether (sulfide) groups is 1. The molecule has 1 aromatic rings. The molecule has 0 bridgehead atoms. The molecular formula is C15H22F2N2OS. The highest BCUT2D eigenvalue weighted by Crippen LogP contribution is 2.21. The third kappa shape index (κ3) is 6.01. The maximum atomic E-state index is 13.1. The average molecular weight is 316 g/mol. The third-order valence-corrected chi connectivity index (χ3v) is 4.01. The summed E-state index contributed by atoms with van der Waals surface area (Å²) in [4.78, 5) is 12.5. The fraction of sp³-hybridized carbons (Fsp3) is 0.533. The number of amides is 1. The first kappa shape index (κ1) is 17.9. The van der Waals surface area contributed by atoms with Crippen LogP contribution in [0.4, 0.5) is 8.78 Å². The van der Waals surface area contributed by atoms with E-state index in [9.17, 15) is 13.6 Å². The number of halogens is 2. The number of rotatable bonds is 7. The van der Waals surface area contributed by atoms with Gasteiger partial charge < -0.3 is 11.1 Å². The molecule has 1 rings (SSSR count). The monoisotopic (exact) mass is 316 g/mol. The summed E-state index contributed by atoms with van der Waals surface area (Å²) in [5.41, 5.74) is 5.29. The van der Waals surface area contributed by atoms with Gasteiger partial charge in [-0.25, -0.2) is 8.78 Å². The van der Waals surface area contributed by atoms with Gasteiger partial charge in [0.15, 0.2) is 11.6 Å². The minimum Gasteiger partial charge on any atom is -0.349 e. The van der Waals surface area contributed by atoms with Crippen molar-refractivity contribution in [2.75, 3.05) is 12.3 Å². The second kappa shape index (κ2) is 7.75. The molecule has 3 N–H and O–H groups in total. The van der Waals surface area contributed by atoms with Gasteiger partial charge in [-0.15, -0.1) is 11.8 Å². The van der Waals surface area contributed by atoms with Crippen LogP contribution in [0.3, 0.4) is 0 Å². The second-order valence-electron chi connectivity index (χ2n) is 5.78. The first-order chi connectivity index (χ1) is 9.75. The molecule has 1 aromatic carbocycles. The van der Waals surface area contributed by atoms with Crippen LogP contribution in [0.15, 0.2) is 23.1 Å². The lowest BCUT2D eigenvalue weighted by molar-refractivity contribution is -0.120. The SMILES string of the molecule is CC(C)CC(C)(CN)NC(=O)CSc1ccc(F)c(F)c1. The number of hydrogen-bond acceptors (Lipinski definition) is 3. The number of nitrogens with one attached hydrogen (secondary N) is 1. The highest BCUT2D eigenvalue weighted by molar-refractivity contribution is 8.00. The number of carbonyl (C=O) groups excluding carboxylic acids is 1. The minimum absolute atomic E-state index is 0.138. The van der Waals surface area contributed by atoms with Crippen LogP contribution in [-0.2, 0) is 4.79 Å². The summed E-state index contributed by atoms with van der Waals surface area (Å²) in [6.07, 6.45) is 0.783. The van der Waals surface area contributed by atoms with Crippen LogP contribution in [0.25, 0.3) is 0 Å². The van der Waals surface area contributed by atoms with Gasteiger partial charge in [-0.1, -0.05) is 13.8 Å². The van der Waals surface area contributed by atoms with E-state index in [-0.39, 0.29) is 11.7 Å². The van der Waals surface area contributed by atoms with E-state index >= 15 is 0 Å². The van der Waals surface area contributed by atoms with Crippen LogP contribution < -0.4 is 11.1 Å². The lowest BCUT2D eigenvalue weighted by Crippen LogP contribution is -2.52. The average Bonchev–Trinajstić information content (AvgIpc) is 2.39. The fourth-order valence-electron chi connectivity index (χ4n) is 2.17. The van der Waals surface area contributed by atoms with Crippen molar-refractivity contribution in [3.63, 3.8) is 0 Å². The maximum Gasteiger partial charge on any atom is 0.230 e. The van der Waals surface area contributed by atoms with Crippen molar-refractivity contribution in [2.24, 2.45) is 11.7 Å². The molecule has 0 aromatic heterocycles. The normalized spacial score (nSPS) is 14.0. The lowest BCUT2D eigenvalue weighted by Gasteiger charge is -2.31. The predicted octanol–water partition coefficient (Wildman–Crippen LogP) is 2.94. The van der Waals surface area contributed by atoms with Crippen LogP contribution in [0.5, 0.6) is 0 Å². The van der Waals surface area contributed by atoms with Gasteiger partial charge in [0.2, 0.25) is 5.91 Å². The van der Waals surface area contributed by atoms with Crippen LogP contribution >= 0.6 is 11.8 Å². The fourth-order valence-corrected chi connectivity index (χ4v) is 2.90. The highest BCUT2D eigenvalue weighted by Gasteiger charge is 2.25. The zero-order valence-electron chi connectivity index (χ0n) is 12.6. The molecule has 0 saturated heterocycles. The van der Waals surface area contributed by atoms with Crippen LogP contribution in [0, 0.1) is 17.6 Å². The zero-order chi connectivity index (χ0) is 16.0. The first-order valence-electron chi connectivity index (χ1n) is 6.84. The quantitative estimate of drug-likeness (QED) is 0.761. The van der Waals surface area contributed by atoms with Crippen molar-refractivity contribution in [1.29, 1.82) is 0 Å². The van der Waals surface area contributed by atoms with Crippen molar-refractivity contribution in [1.82, 2.24) is 5.32 Å². The Morgan fingerprint density at radius 2 is 2.05 bits per heavy atom. The van der Waals surface area contributed by atoms with Crippen LogP contribution in [0.1, 0.15) is 27.2 Å². The van der Waals surface area contributed by atoms with E-state index in [1.807, 2.05) is 6.92 Å². The van der Waals surface area contributed by atoms with Crippen molar-refractivity contribution < 1.29 is 13.6 Å². The molecule has 3 nitrogen and oxygen atoms in total. The molecule has 1 atom stereocenters. The van der Waals surface area contributed by atoms with Gasteiger partial charge in [0, 0.05) is 17.0 Å². The second-order valence-corrected chi connectivity index (χ2v) is 6.82. The summed E-state index contributed by atoms with van der Waals surface area (Å²) in [5, 5.41) is 2.92. The summed E-state index contributed by atoms with van der Waals surface area (Å²) in [6.45, 7) is 6.39. The zero-order valence-corrected chi connectivity index (χ0v) is 13.4. The molecule has 21 heavy (non-hydrogen) atoms. The summed E-state index contributed by atoms with van der Waals surface area (Å²) in [6, 6.07) is 3.59. The van der Waals surface area contributed by atoms with E-state index in [1.165, 1.54) is 6.07 Å². The van der Waals surface area contributed by atoms with Gasteiger partial charge in [-0.3, -0.25) is 4.79 Å². The largest absolute Gasteiger partial charge is 0.349 e. The predicted molar refractivity (Wildman–Crippen MR) is 82.1 cm³/mol. The van der Waals surface area contributed by atoms with Gasteiger partial charge >= 0.3 is 0 Å². The number of benzene rings is 1. The molecule has 1 unspecified atom stereocenters. The number of nitrogens with two attached hydrogens (primary N) is 1. The van der Waals surface area contributed by atoms with Gasteiger partial charge in [0.25, 0.3) is 0 Å². The molecule has 0 fully saturated rings. The molecule has 6 heteroatoms. The van der Waals surface area contributed by atoms with Crippen molar-refractivity contribution in [3.05, 3.63) is 29.8 Å². The van der Waals surface area contributed by atoms with Gasteiger partial charge in [-0.2, -0.15) is 0 Å². The van der Waals surface area contributed by atoms with E-state index in [1.54, 1.807) is 0 Å². The first-order valence-corrected chi connectivity index (χ1v) is 7.83. The van der Waals surface area contributed by atoms with Crippen molar-refractivity contribution in [3.8, 4) is 0 Å². The molecule has 0 radical (unpaired) electrons. The Balaban J connectivity index is 2.55. The molecule has 1 amide bonds. The minimum atomic E-state index is -0.910.